The van der Waals surface area contributed by atoms with Crippen molar-refractivity contribution in [3.8, 4) is 0 Å². The molecule has 0 radical (unpaired) electrons. The molecule has 3 nitrogen and oxygen atoms in total. The Kier molecular flexibility index (Phi) is 4.47. The number of hydrogen-bond donors (Lipinski definition) is 1. The molecule has 0 aliphatic heterocycles. The molecule has 1 N–H and O–H groups in total. The predicted octanol–water partition coefficient (Wildman–Crippen LogP) is 2.29. The van der Waals surface area contributed by atoms with Crippen molar-refractivity contribution >= 4 is 11.3 Å². The van der Waals surface area contributed by atoms with Crippen LogP contribution in [0.3, 0.4) is 0 Å². The van der Waals surface area contributed by atoms with Gasteiger partial charge >= 0.3 is 0 Å². The van der Waals surface area contributed by atoms with Gasteiger partial charge in [-0.25, -0.2) is 4.98 Å². The van der Waals surface area contributed by atoms with Crippen LogP contribution >= 0.6 is 11.3 Å². The third-order valence-corrected chi connectivity index (χ3v) is 4.01. The van der Waals surface area contributed by atoms with Gasteiger partial charge < -0.3 is 5.11 Å². The highest BCUT2D eigenvalue weighted by Crippen LogP contribution is 2.20. The lowest BCUT2D eigenvalue weighted by Crippen LogP contribution is -2.42. The zero-order valence-corrected chi connectivity index (χ0v) is 11.6. The van der Waals surface area contributed by atoms with Crippen LogP contribution in [0.25, 0.3) is 0 Å². The van der Waals surface area contributed by atoms with E-state index in [-0.39, 0.29) is 5.92 Å². The summed E-state index contributed by atoms with van der Waals surface area (Å²) < 4.78 is 0. The van der Waals surface area contributed by atoms with Gasteiger partial charge in [0.2, 0.25) is 0 Å². The third-order valence-electron chi connectivity index (χ3n) is 3.09. The van der Waals surface area contributed by atoms with Gasteiger partial charge in [-0.05, 0) is 26.8 Å². The maximum Gasteiger partial charge on any atom is 0.0798 e. The highest BCUT2D eigenvalue weighted by atomic mass is 32.1. The standard InChI is InChI=1S/C12H22N2OS/c1-9(2)12(4,15)7-14(5)6-11-10(3)13-8-16-11/h8-9,15H,6-7H2,1-5H3. The Hall–Kier alpha value is -0.450. The molecule has 1 aromatic rings. The summed E-state index contributed by atoms with van der Waals surface area (Å²) in [7, 11) is 2.04. The minimum Gasteiger partial charge on any atom is -0.389 e. The minimum absolute atomic E-state index is 0.262. The molecule has 0 aliphatic carbocycles. The van der Waals surface area contributed by atoms with E-state index in [4.69, 9.17) is 0 Å². The Morgan fingerprint density at radius 3 is 2.62 bits per heavy atom. The maximum atomic E-state index is 10.2. The Balaban J connectivity index is 2.54. The van der Waals surface area contributed by atoms with Crippen LogP contribution in [0.4, 0.5) is 0 Å². The molecule has 1 atom stereocenters. The highest BCUT2D eigenvalue weighted by molar-refractivity contribution is 7.09. The molecule has 4 heteroatoms. The van der Waals surface area contributed by atoms with Gasteiger partial charge in [-0.1, -0.05) is 13.8 Å². The fraction of sp³-hybridized carbons (Fsp3) is 0.750. The topological polar surface area (TPSA) is 36.4 Å². The van der Waals surface area contributed by atoms with Gasteiger partial charge in [0.05, 0.1) is 16.8 Å². The molecule has 1 rings (SSSR count). The summed E-state index contributed by atoms with van der Waals surface area (Å²) in [6.07, 6.45) is 0. The number of aromatic nitrogens is 1. The van der Waals surface area contributed by atoms with Gasteiger partial charge in [0.15, 0.2) is 0 Å². The molecule has 0 spiro atoms. The zero-order chi connectivity index (χ0) is 12.3. The lowest BCUT2D eigenvalue weighted by molar-refractivity contribution is -0.0145. The lowest BCUT2D eigenvalue weighted by atomic mass is 9.92. The number of aryl methyl sites for hydroxylation is 1. The molecule has 0 aliphatic rings. The Labute approximate surface area is 102 Å². The van der Waals surface area contributed by atoms with Crippen molar-refractivity contribution in [3.63, 3.8) is 0 Å². The maximum absolute atomic E-state index is 10.2. The fourth-order valence-corrected chi connectivity index (χ4v) is 2.36. The summed E-state index contributed by atoms with van der Waals surface area (Å²) in [6.45, 7) is 9.56. The first-order valence-electron chi connectivity index (χ1n) is 5.63. The smallest absolute Gasteiger partial charge is 0.0798 e. The molecule has 16 heavy (non-hydrogen) atoms. The molecule has 0 aromatic carbocycles. The van der Waals surface area contributed by atoms with Crippen LogP contribution in [0, 0.1) is 12.8 Å². The van der Waals surface area contributed by atoms with Gasteiger partial charge in [-0.3, -0.25) is 4.90 Å². The highest BCUT2D eigenvalue weighted by Gasteiger charge is 2.26. The molecule has 1 heterocycles. The number of rotatable bonds is 5. The summed E-state index contributed by atoms with van der Waals surface area (Å²) in [4.78, 5) is 7.66. The Morgan fingerprint density at radius 2 is 2.19 bits per heavy atom. The summed E-state index contributed by atoms with van der Waals surface area (Å²) in [5, 5.41) is 10.2. The van der Waals surface area contributed by atoms with Crippen LogP contribution in [0.2, 0.25) is 0 Å². The molecular weight excluding hydrogens is 220 g/mol. The summed E-state index contributed by atoms with van der Waals surface area (Å²) in [5.41, 5.74) is 2.34. The number of thiazole rings is 1. The van der Waals surface area contributed by atoms with E-state index in [0.29, 0.717) is 6.54 Å². The van der Waals surface area contributed by atoms with Crippen LogP contribution in [0.1, 0.15) is 31.3 Å². The van der Waals surface area contributed by atoms with Gasteiger partial charge in [0, 0.05) is 18.0 Å². The van der Waals surface area contributed by atoms with Crippen LogP contribution in [0.15, 0.2) is 5.51 Å². The van der Waals surface area contributed by atoms with Crippen molar-refractivity contribution in [1.29, 1.82) is 0 Å². The first-order valence-corrected chi connectivity index (χ1v) is 6.51. The normalized spacial score (nSPS) is 15.8. The molecule has 92 valence electrons. The van der Waals surface area contributed by atoms with Crippen molar-refractivity contribution in [3.05, 3.63) is 16.1 Å². The predicted molar refractivity (Wildman–Crippen MR) is 68.6 cm³/mol. The van der Waals surface area contributed by atoms with Gasteiger partial charge in [-0.2, -0.15) is 0 Å². The monoisotopic (exact) mass is 242 g/mol. The summed E-state index contributed by atoms with van der Waals surface area (Å²) in [6, 6.07) is 0. The van der Waals surface area contributed by atoms with E-state index in [2.05, 4.69) is 9.88 Å². The lowest BCUT2D eigenvalue weighted by Gasteiger charge is -2.32. The molecule has 0 amide bonds. The quantitative estimate of drug-likeness (QED) is 0.860. The number of nitrogens with zero attached hydrogens (tertiary/aromatic N) is 2. The van der Waals surface area contributed by atoms with E-state index in [1.54, 1.807) is 11.3 Å². The van der Waals surface area contributed by atoms with Crippen molar-refractivity contribution < 1.29 is 5.11 Å². The largest absolute Gasteiger partial charge is 0.389 e. The molecular formula is C12H22N2OS. The van der Waals surface area contributed by atoms with Crippen LogP contribution in [-0.2, 0) is 6.54 Å². The van der Waals surface area contributed by atoms with E-state index in [1.165, 1.54) is 4.88 Å². The van der Waals surface area contributed by atoms with E-state index in [1.807, 2.05) is 40.3 Å². The van der Waals surface area contributed by atoms with Gasteiger partial charge in [0.25, 0.3) is 0 Å². The first-order chi connectivity index (χ1) is 7.33. The van der Waals surface area contributed by atoms with Crippen molar-refractivity contribution in [2.24, 2.45) is 5.92 Å². The van der Waals surface area contributed by atoms with Crippen molar-refractivity contribution in [1.82, 2.24) is 9.88 Å². The minimum atomic E-state index is -0.632. The van der Waals surface area contributed by atoms with Crippen molar-refractivity contribution in [2.75, 3.05) is 13.6 Å². The number of hydrogen-bond acceptors (Lipinski definition) is 4. The molecule has 1 unspecified atom stereocenters. The fourth-order valence-electron chi connectivity index (χ4n) is 1.51. The second-order valence-corrected chi connectivity index (χ2v) is 5.98. The van der Waals surface area contributed by atoms with Crippen LogP contribution in [0.5, 0.6) is 0 Å². The summed E-state index contributed by atoms with van der Waals surface area (Å²) in [5.74, 6) is 0.262. The van der Waals surface area contributed by atoms with Crippen molar-refractivity contribution in [2.45, 2.75) is 39.8 Å². The molecule has 1 aromatic heterocycles. The average Bonchev–Trinajstić information content (AvgIpc) is 2.50. The van der Waals surface area contributed by atoms with Crippen LogP contribution < -0.4 is 0 Å². The average molecular weight is 242 g/mol. The van der Waals surface area contributed by atoms with E-state index < -0.39 is 5.60 Å². The van der Waals surface area contributed by atoms with Gasteiger partial charge in [0.1, 0.15) is 0 Å². The summed E-state index contributed by atoms with van der Waals surface area (Å²) >= 11 is 1.68. The molecule has 0 fully saturated rings. The van der Waals surface area contributed by atoms with E-state index in [0.717, 1.165) is 12.2 Å². The Morgan fingerprint density at radius 1 is 1.56 bits per heavy atom. The zero-order valence-electron chi connectivity index (χ0n) is 10.8. The molecule has 0 bridgehead atoms. The third kappa shape index (κ3) is 3.54. The molecule has 0 saturated carbocycles. The Bertz CT molecular complexity index is 334. The number of aliphatic hydroxyl groups is 1. The first kappa shape index (κ1) is 13.6. The van der Waals surface area contributed by atoms with Crippen LogP contribution in [-0.4, -0.2) is 34.2 Å². The SMILES string of the molecule is Cc1ncsc1CN(C)CC(C)(O)C(C)C. The van der Waals surface area contributed by atoms with E-state index >= 15 is 0 Å². The van der Waals surface area contributed by atoms with Gasteiger partial charge in [-0.15, -0.1) is 11.3 Å². The van der Waals surface area contributed by atoms with E-state index in [9.17, 15) is 5.11 Å². The molecule has 0 saturated heterocycles. The second kappa shape index (κ2) is 5.25. The second-order valence-electron chi connectivity index (χ2n) is 5.05. The number of likely N-dealkylation sites (N-methyl/N-ethyl adjacent to an activating group) is 1.